The van der Waals surface area contributed by atoms with Crippen molar-refractivity contribution < 1.29 is 9.47 Å². The molecule has 0 amide bonds. The molecule has 1 heterocycles. The Labute approximate surface area is 131 Å². The Bertz CT molecular complexity index is 626. The van der Waals surface area contributed by atoms with E-state index in [1.807, 2.05) is 12.1 Å². The molecule has 2 nitrogen and oxygen atoms in total. The summed E-state index contributed by atoms with van der Waals surface area (Å²) < 4.78 is 11.3. The quantitative estimate of drug-likeness (QED) is 0.745. The van der Waals surface area contributed by atoms with Gasteiger partial charge in [0.15, 0.2) is 0 Å². The first-order chi connectivity index (χ1) is 10.3. The van der Waals surface area contributed by atoms with Crippen molar-refractivity contribution in [2.75, 3.05) is 13.7 Å². The molecular formula is C18H21ClO2. The maximum absolute atomic E-state index is 6.84. The van der Waals surface area contributed by atoms with Gasteiger partial charge in [-0.15, -0.1) is 11.6 Å². The molecule has 0 aromatic heterocycles. The molecule has 3 unspecified atom stereocenters. The molecule has 1 aliphatic heterocycles. The summed E-state index contributed by atoms with van der Waals surface area (Å²) in [6, 6.07) is 12.4. The van der Waals surface area contributed by atoms with Gasteiger partial charge >= 0.3 is 0 Å². The first-order valence-corrected chi connectivity index (χ1v) is 8.01. The molecule has 0 bridgehead atoms. The SMILES string of the molecule is CCC1OCCC1C(Cl)c1ccc(OC)c2ccccc12. The molecule has 1 aliphatic rings. The number of benzene rings is 2. The van der Waals surface area contributed by atoms with Gasteiger partial charge in [-0.05, 0) is 29.9 Å². The molecule has 0 radical (unpaired) electrons. The fourth-order valence-corrected chi connectivity index (χ4v) is 3.84. The highest BCUT2D eigenvalue weighted by molar-refractivity contribution is 6.22. The average molecular weight is 305 g/mol. The van der Waals surface area contributed by atoms with Crippen LogP contribution in [0.5, 0.6) is 5.75 Å². The van der Waals surface area contributed by atoms with Crippen molar-refractivity contribution in [1.82, 2.24) is 0 Å². The van der Waals surface area contributed by atoms with E-state index >= 15 is 0 Å². The summed E-state index contributed by atoms with van der Waals surface area (Å²) in [5.74, 6) is 1.28. The largest absolute Gasteiger partial charge is 0.496 e. The highest BCUT2D eigenvalue weighted by Crippen LogP contribution is 2.43. The third kappa shape index (κ3) is 2.63. The third-order valence-corrected chi connectivity index (χ3v) is 5.03. The lowest BCUT2D eigenvalue weighted by Crippen LogP contribution is -2.19. The molecular weight excluding hydrogens is 284 g/mol. The molecule has 112 valence electrons. The molecule has 3 atom stereocenters. The fraction of sp³-hybridized carbons (Fsp3) is 0.444. The second-order valence-electron chi connectivity index (χ2n) is 5.57. The Balaban J connectivity index is 2.04. The summed E-state index contributed by atoms with van der Waals surface area (Å²) in [4.78, 5) is 0. The van der Waals surface area contributed by atoms with Gasteiger partial charge in [-0.1, -0.05) is 37.3 Å². The van der Waals surface area contributed by atoms with Crippen molar-refractivity contribution >= 4 is 22.4 Å². The number of fused-ring (bicyclic) bond motifs is 1. The fourth-order valence-electron chi connectivity index (χ4n) is 3.36. The monoisotopic (exact) mass is 304 g/mol. The first-order valence-electron chi connectivity index (χ1n) is 7.57. The molecule has 21 heavy (non-hydrogen) atoms. The van der Waals surface area contributed by atoms with Crippen LogP contribution in [0.1, 0.15) is 30.7 Å². The smallest absolute Gasteiger partial charge is 0.126 e. The predicted octanol–water partition coefficient (Wildman–Crippen LogP) is 4.94. The van der Waals surface area contributed by atoms with Crippen molar-refractivity contribution in [3.8, 4) is 5.75 Å². The van der Waals surface area contributed by atoms with Gasteiger partial charge in [-0.25, -0.2) is 0 Å². The lowest BCUT2D eigenvalue weighted by atomic mass is 9.89. The van der Waals surface area contributed by atoms with Gasteiger partial charge in [0.05, 0.1) is 18.6 Å². The summed E-state index contributed by atoms with van der Waals surface area (Å²) in [7, 11) is 1.71. The van der Waals surface area contributed by atoms with Crippen LogP contribution in [0, 0.1) is 5.92 Å². The van der Waals surface area contributed by atoms with Crippen molar-refractivity contribution in [2.24, 2.45) is 5.92 Å². The van der Waals surface area contributed by atoms with Gasteiger partial charge in [0.25, 0.3) is 0 Å². The molecule has 0 saturated carbocycles. The van der Waals surface area contributed by atoms with Gasteiger partial charge in [0.2, 0.25) is 0 Å². The highest BCUT2D eigenvalue weighted by Gasteiger charge is 2.34. The van der Waals surface area contributed by atoms with E-state index in [9.17, 15) is 0 Å². The van der Waals surface area contributed by atoms with Crippen LogP contribution in [0.4, 0.5) is 0 Å². The first kappa shape index (κ1) is 14.7. The number of rotatable bonds is 4. The minimum absolute atomic E-state index is 0.0201. The Kier molecular flexibility index (Phi) is 4.37. The Morgan fingerprint density at radius 1 is 1.24 bits per heavy atom. The molecule has 1 saturated heterocycles. The van der Waals surface area contributed by atoms with E-state index in [0.29, 0.717) is 5.92 Å². The third-order valence-electron chi connectivity index (χ3n) is 4.47. The van der Waals surface area contributed by atoms with E-state index < -0.39 is 0 Å². The van der Waals surface area contributed by atoms with Crippen LogP contribution in [0.25, 0.3) is 10.8 Å². The van der Waals surface area contributed by atoms with Crippen LogP contribution in [0.15, 0.2) is 36.4 Å². The lowest BCUT2D eigenvalue weighted by molar-refractivity contribution is 0.0865. The van der Waals surface area contributed by atoms with Crippen LogP contribution in [0.2, 0.25) is 0 Å². The molecule has 1 fully saturated rings. The summed E-state index contributed by atoms with van der Waals surface area (Å²) in [5, 5.41) is 2.28. The molecule has 0 spiro atoms. The Morgan fingerprint density at radius 3 is 2.71 bits per heavy atom. The second-order valence-corrected chi connectivity index (χ2v) is 6.04. The zero-order valence-corrected chi connectivity index (χ0v) is 13.3. The van der Waals surface area contributed by atoms with Crippen LogP contribution in [0.3, 0.4) is 0 Å². The molecule has 2 aromatic rings. The lowest BCUT2D eigenvalue weighted by Gasteiger charge is -2.24. The van der Waals surface area contributed by atoms with E-state index in [1.165, 1.54) is 10.9 Å². The minimum atomic E-state index is -0.0201. The predicted molar refractivity (Wildman–Crippen MR) is 87.2 cm³/mol. The second kappa shape index (κ2) is 6.25. The molecule has 0 aliphatic carbocycles. The van der Waals surface area contributed by atoms with Crippen molar-refractivity contribution in [3.05, 3.63) is 42.0 Å². The normalized spacial score (nSPS) is 23.4. The van der Waals surface area contributed by atoms with Gasteiger partial charge < -0.3 is 9.47 Å². The van der Waals surface area contributed by atoms with Crippen LogP contribution >= 0.6 is 11.6 Å². The maximum atomic E-state index is 6.84. The van der Waals surface area contributed by atoms with Crippen molar-refractivity contribution in [2.45, 2.75) is 31.2 Å². The summed E-state index contributed by atoms with van der Waals surface area (Å²) in [6.45, 7) is 2.99. The van der Waals surface area contributed by atoms with E-state index in [0.717, 1.165) is 30.6 Å². The topological polar surface area (TPSA) is 18.5 Å². The summed E-state index contributed by atoms with van der Waals surface area (Å²) in [6.07, 6.45) is 2.32. The van der Waals surface area contributed by atoms with Crippen LogP contribution in [-0.4, -0.2) is 19.8 Å². The maximum Gasteiger partial charge on any atom is 0.126 e. The van der Waals surface area contributed by atoms with E-state index in [1.54, 1.807) is 7.11 Å². The number of hydrogen-bond acceptors (Lipinski definition) is 2. The van der Waals surface area contributed by atoms with E-state index in [2.05, 4.69) is 31.2 Å². The molecule has 2 aromatic carbocycles. The van der Waals surface area contributed by atoms with E-state index in [4.69, 9.17) is 21.1 Å². The van der Waals surface area contributed by atoms with Crippen LogP contribution in [-0.2, 0) is 4.74 Å². The molecule has 3 rings (SSSR count). The number of alkyl halides is 1. The number of halogens is 1. The van der Waals surface area contributed by atoms with Crippen molar-refractivity contribution in [3.63, 3.8) is 0 Å². The summed E-state index contributed by atoms with van der Waals surface area (Å²) in [5.41, 5.74) is 1.18. The van der Waals surface area contributed by atoms with Gasteiger partial charge in [0.1, 0.15) is 5.75 Å². The van der Waals surface area contributed by atoms with E-state index in [-0.39, 0.29) is 11.5 Å². The summed E-state index contributed by atoms with van der Waals surface area (Å²) >= 11 is 6.84. The minimum Gasteiger partial charge on any atom is -0.496 e. The van der Waals surface area contributed by atoms with Gasteiger partial charge in [-0.2, -0.15) is 0 Å². The van der Waals surface area contributed by atoms with Crippen molar-refractivity contribution in [1.29, 1.82) is 0 Å². The number of ether oxygens (including phenoxy) is 2. The highest BCUT2D eigenvalue weighted by atomic mass is 35.5. The van der Waals surface area contributed by atoms with Gasteiger partial charge in [0, 0.05) is 17.9 Å². The zero-order valence-electron chi connectivity index (χ0n) is 12.5. The number of methoxy groups -OCH3 is 1. The zero-order chi connectivity index (χ0) is 14.8. The van der Waals surface area contributed by atoms with Crippen LogP contribution < -0.4 is 4.74 Å². The Hall–Kier alpha value is -1.25. The molecule has 0 N–H and O–H groups in total. The molecule has 3 heteroatoms. The number of hydrogen-bond donors (Lipinski definition) is 0. The van der Waals surface area contributed by atoms with Gasteiger partial charge in [-0.3, -0.25) is 0 Å². The standard InChI is InChI=1S/C18H21ClO2/c1-3-16-15(10-11-21-16)18(19)14-8-9-17(20-2)13-7-5-4-6-12(13)14/h4-9,15-16,18H,3,10-11H2,1-2H3. The average Bonchev–Trinajstić information content (AvgIpc) is 3.01. The Morgan fingerprint density at radius 2 is 2.00 bits per heavy atom.